The second-order valence-corrected chi connectivity index (χ2v) is 5.99. The fraction of sp³-hybridized carbons (Fsp3) is 0.263. The summed E-state index contributed by atoms with van der Waals surface area (Å²) in [6, 6.07) is 6.84. The molecular weight excluding hydrogens is 348 g/mol. The average Bonchev–Trinajstić information content (AvgIpc) is 2.68. The Labute approximate surface area is 155 Å². The Morgan fingerprint density at radius 3 is 2.56 bits per heavy atom. The number of anilines is 1. The van der Waals surface area contributed by atoms with E-state index in [9.17, 15) is 9.59 Å². The Balaban J connectivity index is 1.76. The molecule has 0 saturated carbocycles. The van der Waals surface area contributed by atoms with Crippen LogP contribution in [-0.4, -0.2) is 34.7 Å². The lowest BCUT2D eigenvalue weighted by Gasteiger charge is -2.10. The van der Waals surface area contributed by atoms with Crippen molar-refractivity contribution in [3.8, 4) is 11.5 Å². The van der Waals surface area contributed by atoms with E-state index < -0.39 is 0 Å². The Hall–Kier alpha value is -3.42. The van der Waals surface area contributed by atoms with Crippen molar-refractivity contribution >= 4 is 22.6 Å². The molecule has 1 amide bonds. The summed E-state index contributed by atoms with van der Waals surface area (Å²) < 4.78 is 11.9. The SMILES string of the molecule is COc1cc2ncn(CCC(=O)Nc3ccc(C)cn3)c(=O)c2cc1OC. The first-order chi connectivity index (χ1) is 13.0. The van der Waals surface area contributed by atoms with Crippen molar-refractivity contribution in [1.82, 2.24) is 14.5 Å². The van der Waals surface area contributed by atoms with Crippen LogP contribution in [0.4, 0.5) is 5.82 Å². The molecule has 0 bridgehead atoms. The number of nitrogens with one attached hydrogen (secondary N) is 1. The molecule has 0 spiro atoms. The zero-order chi connectivity index (χ0) is 19.4. The molecule has 0 aliphatic rings. The lowest BCUT2D eigenvalue weighted by Crippen LogP contribution is -2.24. The summed E-state index contributed by atoms with van der Waals surface area (Å²) in [5.74, 6) is 1.20. The molecule has 8 heteroatoms. The number of carbonyl (C=O) groups excluding carboxylic acids is 1. The van der Waals surface area contributed by atoms with E-state index in [1.807, 2.05) is 13.0 Å². The van der Waals surface area contributed by atoms with Crippen LogP contribution in [0.5, 0.6) is 11.5 Å². The van der Waals surface area contributed by atoms with Crippen LogP contribution in [-0.2, 0) is 11.3 Å². The smallest absolute Gasteiger partial charge is 0.261 e. The van der Waals surface area contributed by atoms with E-state index in [2.05, 4.69) is 15.3 Å². The third-order valence-corrected chi connectivity index (χ3v) is 4.09. The Morgan fingerprint density at radius 2 is 1.89 bits per heavy atom. The van der Waals surface area contributed by atoms with Crippen LogP contribution >= 0.6 is 0 Å². The molecule has 2 heterocycles. The summed E-state index contributed by atoms with van der Waals surface area (Å²) in [6.45, 7) is 2.12. The van der Waals surface area contributed by atoms with Crippen LogP contribution in [0, 0.1) is 6.92 Å². The maximum atomic E-state index is 12.7. The third kappa shape index (κ3) is 4.05. The number of ether oxygens (including phenoxy) is 2. The summed E-state index contributed by atoms with van der Waals surface area (Å²) >= 11 is 0. The summed E-state index contributed by atoms with van der Waals surface area (Å²) in [4.78, 5) is 33.2. The second kappa shape index (κ2) is 7.86. The number of methoxy groups -OCH3 is 2. The van der Waals surface area contributed by atoms with Crippen LogP contribution < -0.4 is 20.3 Å². The van der Waals surface area contributed by atoms with Crippen LogP contribution in [0.1, 0.15) is 12.0 Å². The van der Waals surface area contributed by atoms with Crippen molar-refractivity contribution in [3.63, 3.8) is 0 Å². The van der Waals surface area contributed by atoms with E-state index in [0.717, 1.165) is 5.56 Å². The number of fused-ring (bicyclic) bond motifs is 1. The fourth-order valence-corrected chi connectivity index (χ4v) is 2.61. The number of aromatic nitrogens is 3. The second-order valence-electron chi connectivity index (χ2n) is 5.99. The summed E-state index contributed by atoms with van der Waals surface area (Å²) in [6.07, 6.45) is 3.22. The topological polar surface area (TPSA) is 95.3 Å². The molecule has 0 fully saturated rings. The van der Waals surface area contributed by atoms with Gasteiger partial charge in [0.1, 0.15) is 5.82 Å². The average molecular weight is 368 g/mol. The molecule has 27 heavy (non-hydrogen) atoms. The van der Waals surface area contributed by atoms with Crippen molar-refractivity contribution in [2.24, 2.45) is 0 Å². The lowest BCUT2D eigenvalue weighted by atomic mass is 10.2. The number of pyridine rings is 1. The minimum atomic E-state index is -0.248. The van der Waals surface area contributed by atoms with E-state index in [-0.39, 0.29) is 24.4 Å². The quantitative estimate of drug-likeness (QED) is 0.716. The van der Waals surface area contributed by atoms with Gasteiger partial charge >= 0.3 is 0 Å². The highest BCUT2D eigenvalue weighted by Crippen LogP contribution is 2.29. The number of amides is 1. The molecule has 0 saturated heterocycles. The van der Waals surface area contributed by atoms with Gasteiger partial charge in [-0.3, -0.25) is 14.2 Å². The van der Waals surface area contributed by atoms with Crippen molar-refractivity contribution in [2.45, 2.75) is 19.9 Å². The normalized spacial score (nSPS) is 10.6. The van der Waals surface area contributed by atoms with E-state index >= 15 is 0 Å². The van der Waals surface area contributed by atoms with Crippen LogP contribution in [0.15, 0.2) is 41.6 Å². The third-order valence-electron chi connectivity index (χ3n) is 4.09. The molecule has 3 aromatic rings. The molecule has 140 valence electrons. The minimum Gasteiger partial charge on any atom is -0.493 e. The zero-order valence-corrected chi connectivity index (χ0v) is 15.4. The van der Waals surface area contributed by atoms with Gasteiger partial charge in [-0.2, -0.15) is 0 Å². The number of hydrogen-bond acceptors (Lipinski definition) is 6. The summed E-state index contributed by atoms with van der Waals surface area (Å²) in [7, 11) is 3.02. The van der Waals surface area contributed by atoms with Gasteiger partial charge in [0.25, 0.3) is 5.56 Å². The van der Waals surface area contributed by atoms with Crippen LogP contribution in [0.2, 0.25) is 0 Å². The number of aryl methyl sites for hydroxylation is 2. The zero-order valence-electron chi connectivity index (χ0n) is 15.4. The van der Waals surface area contributed by atoms with Gasteiger partial charge in [0.05, 0.1) is 31.4 Å². The first-order valence-electron chi connectivity index (χ1n) is 8.35. The van der Waals surface area contributed by atoms with Gasteiger partial charge in [-0.05, 0) is 24.6 Å². The molecule has 0 radical (unpaired) electrons. The van der Waals surface area contributed by atoms with Crippen molar-refractivity contribution in [2.75, 3.05) is 19.5 Å². The maximum Gasteiger partial charge on any atom is 0.261 e. The molecular formula is C19H20N4O4. The van der Waals surface area contributed by atoms with Gasteiger partial charge in [-0.25, -0.2) is 9.97 Å². The number of rotatable bonds is 6. The highest BCUT2D eigenvalue weighted by atomic mass is 16.5. The fourth-order valence-electron chi connectivity index (χ4n) is 2.61. The molecule has 3 rings (SSSR count). The van der Waals surface area contributed by atoms with Gasteiger partial charge in [0.15, 0.2) is 11.5 Å². The standard InChI is InChI=1S/C19H20N4O4/c1-12-4-5-17(20-10-12)22-18(24)6-7-23-11-21-14-9-16(27-3)15(26-2)8-13(14)19(23)25/h4-5,8-11H,6-7H2,1-3H3,(H,20,22,24). The highest BCUT2D eigenvalue weighted by molar-refractivity contribution is 5.89. The van der Waals surface area contributed by atoms with E-state index in [1.54, 1.807) is 24.4 Å². The summed E-state index contributed by atoms with van der Waals surface area (Å²) in [5.41, 5.74) is 1.26. The van der Waals surface area contributed by atoms with Crippen LogP contribution in [0.25, 0.3) is 10.9 Å². The van der Waals surface area contributed by atoms with E-state index in [4.69, 9.17) is 9.47 Å². The predicted molar refractivity (Wildman–Crippen MR) is 101 cm³/mol. The molecule has 8 nitrogen and oxygen atoms in total. The Bertz CT molecular complexity index is 1030. The molecule has 0 unspecified atom stereocenters. The van der Waals surface area contributed by atoms with E-state index in [0.29, 0.717) is 28.2 Å². The number of benzene rings is 1. The molecule has 1 N–H and O–H groups in total. The molecule has 1 aromatic carbocycles. The predicted octanol–water partition coefficient (Wildman–Crippen LogP) is 2.15. The van der Waals surface area contributed by atoms with Crippen molar-refractivity contribution in [3.05, 3.63) is 52.7 Å². The minimum absolute atomic E-state index is 0.121. The van der Waals surface area contributed by atoms with Crippen LogP contribution in [0.3, 0.4) is 0 Å². The molecule has 0 atom stereocenters. The molecule has 0 aliphatic heterocycles. The first kappa shape index (κ1) is 18.4. The Kier molecular flexibility index (Phi) is 5.35. The lowest BCUT2D eigenvalue weighted by molar-refractivity contribution is -0.116. The number of hydrogen-bond donors (Lipinski definition) is 1. The van der Waals surface area contributed by atoms with E-state index in [1.165, 1.54) is 25.1 Å². The van der Waals surface area contributed by atoms with Gasteiger partial charge in [0.2, 0.25) is 5.91 Å². The first-order valence-corrected chi connectivity index (χ1v) is 8.35. The van der Waals surface area contributed by atoms with Gasteiger partial charge in [-0.15, -0.1) is 0 Å². The van der Waals surface area contributed by atoms with Crippen molar-refractivity contribution in [1.29, 1.82) is 0 Å². The highest BCUT2D eigenvalue weighted by Gasteiger charge is 2.12. The molecule has 0 aliphatic carbocycles. The van der Waals surface area contributed by atoms with Gasteiger partial charge in [-0.1, -0.05) is 6.07 Å². The maximum absolute atomic E-state index is 12.7. The van der Waals surface area contributed by atoms with Gasteiger partial charge < -0.3 is 14.8 Å². The van der Waals surface area contributed by atoms with Gasteiger partial charge in [0, 0.05) is 25.2 Å². The molecule has 2 aromatic heterocycles. The largest absolute Gasteiger partial charge is 0.493 e. The monoisotopic (exact) mass is 368 g/mol. The summed E-state index contributed by atoms with van der Waals surface area (Å²) in [5, 5.41) is 3.11. The van der Waals surface area contributed by atoms with Crippen molar-refractivity contribution < 1.29 is 14.3 Å². The Morgan fingerprint density at radius 1 is 1.15 bits per heavy atom. The number of carbonyl (C=O) groups is 1. The number of nitrogens with zero attached hydrogens (tertiary/aromatic N) is 3.